The monoisotopic (exact) mass is 399 g/mol. The highest BCUT2D eigenvalue weighted by Crippen LogP contribution is 2.16. The molecule has 1 atom stereocenters. The molecule has 152 valence electrons. The Morgan fingerprint density at radius 3 is 2.79 bits per heavy atom. The van der Waals surface area contributed by atoms with Gasteiger partial charge in [-0.3, -0.25) is 4.79 Å². The Labute approximate surface area is 167 Å². The average molecular weight is 399 g/mol. The molecular weight excluding hydrogens is 377 g/mol. The van der Waals surface area contributed by atoms with Gasteiger partial charge in [0.05, 0.1) is 0 Å². The molecule has 0 aliphatic heterocycles. The minimum atomic E-state index is -0.514. The lowest BCUT2D eigenvalue weighted by molar-refractivity contribution is 0.00789. The van der Waals surface area contributed by atoms with Crippen molar-refractivity contribution >= 4 is 11.5 Å². The van der Waals surface area contributed by atoms with Crippen LogP contribution in [0.15, 0.2) is 53.2 Å². The van der Waals surface area contributed by atoms with Crippen molar-refractivity contribution in [3.8, 4) is 0 Å². The number of aliphatic hydroxyl groups excluding tert-OH is 1. The Bertz CT molecular complexity index is 992. The molecule has 0 saturated carbocycles. The summed E-state index contributed by atoms with van der Waals surface area (Å²) in [5.74, 6) is -0.548. The molecule has 0 aliphatic carbocycles. The number of ether oxygens (including phenoxy) is 1. The molecule has 0 fully saturated rings. The van der Waals surface area contributed by atoms with Crippen molar-refractivity contribution in [2.75, 3.05) is 6.61 Å². The molecule has 1 N–H and O–H groups in total. The van der Waals surface area contributed by atoms with Crippen LogP contribution in [0.4, 0.5) is 4.39 Å². The van der Waals surface area contributed by atoms with Crippen LogP contribution in [0.25, 0.3) is 5.76 Å². The standard InChI is InChI=1S/C21H22FN3O4/c1-3-10-28-14(2)25-13-23-21(24-25)19(27)12-18(26)20-9-8-17(29-20)11-15-4-6-16(22)7-5-15/h4-9,12-14,27H,3,10-11H2,1-2H3/b19-12+. The summed E-state index contributed by atoms with van der Waals surface area (Å²) in [6.45, 7) is 4.39. The highest BCUT2D eigenvalue weighted by molar-refractivity contribution is 6.05. The summed E-state index contributed by atoms with van der Waals surface area (Å²) in [5.41, 5.74) is 0.854. The number of hydrogen-bond donors (Lipinski definition) is 1. The predicted molar refractivity (Wildman–Crippen MR) is 104 cm³/mol. The van der Waals surface area contributed by atoms with Crippen molar-refractivity contribution in [3.05, 3.63) is 77.5 Å². The highest BCUT2D eigenvalue weighted by Gasteiger charge is 2.15. The van der Waals surface area contributed by atoms with Gasteiger partial charge in [-0.1, -0.05) is 19.1 Å². The van der Waals surface area contributed by atoms with Crippen LogP contribution >= 0.6 is 0 Å². The molecule has 2 aromatic heterocycles. The van der Waals surface area contributed by atoms with Gasteiger partial charge in [0.15, 0.2) is 11.5 Å². The Morgan fingerprint density at radius 2 is 2.07 bits per heavy atom. The normalized spacial score (nSPS) is 12.9. The Kier molecular flexibility index (Phi) is 6.56. The first-order valence-corrected chi connectivity index (χ1v) is 9.27. The summed E-state index contributed by atoms with van der Waals surface area (Å²) in [4.78, 5) is 16.4. The van der Waals surface area contributed by atoms with Crippen LogP contribution in [0.5, 0.6) is 0 Å². The minimum Gasteiger partial charge on any atom is -0.504 e. The number of nitrogens with zero attached hydrogens (tertiary/aromatic N) is 3. The fraction of sp³-hybridized carbons (Fsp3) is 0.286. The van der Waals surface area contributed by atoms with Crippen LogP contribution in [0.1, 0.15) is 54.2 Å². The van der Waals surface area contributed by atoms with E-state index in [-0.39, 0.29) is 29.4 Å². The number of aliphatic hydroxyl groups is 1. The summed E-state index contributed by atoms with van der Waals surface area (Å²) >= 11 is 0. The van der Waals surface area contributed by atoms with Crippen molar-refractivity contribution in [2.45, 2.75) is 32.9 Å². The van der Waals surface area contributed by atoms with Gasteiger partial charge < -0.3 is 14.3 Å². The zero-order valence-corrected chi connectivity index (χ0v) is 16.2. The molecule has 8 heteroatoms. The molecule has 0 amide bonds. The third kappa shape index (κ3) is 5.39. The Hall–Kier alpha value is -3.26. The summed E-state index contributed by atoms with van der Waals surface area (Å²) < 4.78 is 25.5. The number of allylic oxidation sites excluding steroid dienone is 1. The van der Waals surface area contributed by atoms with E-state index in [0.29, 0.717) is 18.8 Å². The van der Waals surface area contributed by atoms with E-state index >= 15 is 0 Å². The van der Waals surface area contributed by atoms with Crippen molar-refractivity contribution in [2.24, 2.45) is 0 Å². The molecule has 3 rings (SSSR count). The van der Waals surface area contributed by atoms with Crippen LogP contribution in [0, 0.1) is 5.82 Å². The number of benzene rings is 1. The van der Waals surface area contributed by atoms with Crippen LogP contribution < -0.4 is 0 Å². The van der Waals surface area contributed by atoms with E-state index in [1.54, 1.807) is 18.2 Å². The molecule has 2 heterocycles. The van der Waals surface area contributed by atoms with E-state index in [1.807, 2.05) is 13.8 Å². The molecule has 1 aromatic carbocycles. The van der Waals surface area contributed by atoms with Crippen LogP contribution in [0.2, 0.25) is 0 Å². The van der Waals surface area contributed by atoms with E-state index in [9.17, 15) is 14.3 Å². The minimum absolute atomic E-state index is 0.0170. The maximum absolute atomic E-state index is 13.0. The van der Waals surface area contributed by atoms with E-state index in [1.165, 1.54) is 29.2 Å². The van der Waals surface area contributed by atoms with Crippen LogP contribution in [0.3, 0.4) is 0 Å². The number of furan rings is 1. The highest BCUT2D eigenvalue weighted by atomic mass is 19.1. The summed E-state index contributed by atoms with van der Waals surface area (Å²) in [6.07, 6.45) is 3.40. The fourth-order valence-corrected chi connectivity index (χ4v) is 2.60. The number of aromatic nitrogens is 3. The van der Waals surface area contributed by atoms with Gasteiger partial charge in [-0.05, 0) is 43.2 Å². The second kappa shape index (κ2) is 9.29. The van der Waals surface area contributed by atoms with E-state index < -0.39 is 5.78 Å². The molecular formula is C21H22FN3O4. The molecule has 7 nitrogen and oxygen atoms in total. The van der Waals surface area contributed by atoms with Crippen molar-refractivity contribution in [1.29, 1.82) is 0 Å². The number of carbonyl (C=O) groups excluding carboxylic acids is 1. The molecule has 0 radical (unpaired) electrons. The molecule has 29 heavy (non-hydrogen) atoms. The van der Waals surface area contributed by atoms with Gasteiger partial charge in [-0.2, -0.15) is 0 Å². The fourth-order valence-electron chi connectivity index (χ4n) is 2.60. The number of carbonyl (C=O) groups is 1. The summed E-state index contributed by atoms with van der Waals surface area (Å²) in [5, 5.41) is 14.3. The van der Waals surface area contributed by atoms with Gasteiger partial charge in [-0.25, -0.2) is 14.1 Å². The topological polar surface area (TPSA) is 90.4 Å². The van der Waals surface area contributed by atoms with E-state index in [4.69, 9.17) is 9.15 Å². The van der Waals surface area contributed by atoms with Gasteiger partial charge in [0.1, 0.15) is 24.1 Å². The van der Waals surface area contributed by atoms with Gasteiger partial charge in [-0.15, -0.1) is 5.10 Å². The quantitative estimate of drug-likeness (QED) is 0.327. The predicted octanol–water partition coefficient (Wildman–Crippen LogP) is 4.33. The second-order valence-corrected chi connectivity index (χ2v) is 6.48. The summed E-state index contributed by atoms with van der Waals surface area (Å²) in [7, 11) is 0. The molecule has 0 bridgehead atoms. The first-order chi connectivity index (χ1) is 14.0. The average Bonchev–Trinajstić information content (AvgIpc) is 3.38. The SMILES string of the molecule is CCCOC(C)n1cnc(/C(O)=C\C(=O)c2ccc(Cc3ccc(F)cc3)o2)n1. The maximum Gasteiger partial charge on any atom is 0.224 e. The molecule has 1 unspecified atom stereocenters. The van der Waals surface area contributed by atoms with E-state index in [2.05, 4.69) is 10.1 Å². The lowest BCUT2D eigenvalue weighted by Gasteiger charge is -2.11. The summed E-state index contributed by atoms with van der Waals surface area (Å²) in [6, 6.07) is 9.23. The van der Waals surface area contributed by atoms with E-state index in [0.717, 1.165) is 18.1 Å². The molecule has 3 aromatic rings. The molecule has 0 aliphatic rings. The first kappa shape index (κ1) is 20.5. The third-order valence-electron chi connectivity index (χ3n) is 4.14. The lowest BCUT2D eigenvalue weighted by atomic mass is 10.1. The largest absolute Gasteiger partial charge is 0.504 e. The lowest BCUT2D eigenvalue weighted by Crippen LogP contribution is -2.10. The smallest absolute Gasteiger partial charge is 0.224 e. The number of halogens is 1. The first-order valence-electron chi connectivity index (χ1n) is 9.27. The van der Waals surface area contributed by atoms with Gasteiger partial charge >= 0.3 is 0 Å². The zero-order valence-electron chi connectivity index (χ0n) is 16.2. The van der Waals surface area contributed by atoms with Crippen LogP contribution in [-0.4, -0.2) is 32.3 Å². The van der Waals surface area contributed by atoms with Gasteiger partial charge in [0, 0.05) is 19.1 Å². The maximum atomic E-state index is 13.0. The van der Waals surface area contributed by atoms with Gasteiger partial charge in [0.2, 0.25) is 11.6 Å². The second-order valence-electron chi connectivity index (χ2n) is 6.48. The number of hydrogen-bond acceptors (Lipinski definition) is 6. The van der Waals surface area contributed by atoms with Gasteiger partial charge in [0.25, 0.3) is 0 Å². The molecule has 0 saturated heterocycles. The number of rotatable bonds is 9. The number of ketones is 1. The zero-order chi connectivity index (χ0) is 20.8. The molecule has 0 spiro atoms. The van der Waals surface area contributed by atoms with Crippen molar-refractivity contribution < 1.29 is 23.4 Å². The Balaban J connectivity index is 1.66. The third-order valence-corrected chi connectivity index (χ3v) is 4.14. The van der Waals surface area contributed by atoms with Crippen LogP contribution in [-0.2, 0) is 11.2 Å². The Morgan fingerprint density at radius 1 is 1.31 bits per heavy atom. The van der Waals surface area contributed by atoms with Crippen molar-refractivity contribution in [1.82, 2.24) is 14.8 Å². The van der Waals surface area contributed by atoms with Crippen molar-refractivity contribution in [3.63, 3.8) is 0 Å².